The van der Waals surface area contributed by atoms with Gasteiger partial charge in [-0.25, -0.2) is 4.39 Å². The molecule has 0 radical (unpaired) electrons. The lowest BCUT2D eigenvalue weighted by Crippen LogP contribution is -2.37. The van der Waals surface area contributed by atoms with Crippen molar-refractivity contribution in [3.8, 4) is 0 Å². The number of carbonyl (C=O) groups excluding carboxylic acids is 2. The van der Waals surface area contributed by atoms with Gasteiger partial charge in [-0.15, -0.1) is 0 Å². The molecule has 2 N–H and O–H groups in total. The van der Waals surface area contributed by atoms with Crippen molar-refractivity contribution >= 4 is 11.8 Å². The van der Waals surface area contributed by atoms with Crippen LogP contribution in [-0.4, -0.2) is 18.4 Å². The largest absolute Gasteiger partial charge is 0.350 e. The van der Waals surface area contributed by atoms with E-state index in [1.165, 1.54) is 12.1 Å². The fourth-order valence-electron chi connectivity index (χ4n) is 2.11. The van der Waals surface area contributed by atoms with E-state index in [1.807, 2.05) is 31.2 Å². The first-order valence-electron chi connectivity index (χ1n) is 7.36. The van der Waals surface area contributed by atoms with Crippen LogP contribution >= 0.6 is 0 Å². The lowest BCUT2D eigenvalue weighted by Gasteiger charge is -2.07. The van der Waals surface area contributed by atoms with Crippen LogP contribution < -0.4 is 10.6 Å². The number of halogens is 1. The van der Waals surface area contributed by atoms with Gasteiger partial charge in [0.1, 0.15) is 5.82 Å². The van der Waals surface area contributed by atoms with Crippen molar-refractivity contribution in [2.75, 3.05) is 6.54 Å². The van der Waals surface area contributed by atoms with Gasteiger partial charge in [0.2, 0.25) is 11.8 Å². The van der Waals surface area contributed by atoms with Gasteiger partial charge in [-0.05, 0) is 30.2 Å². The van der Waals surface area contributed by atoms with Crippen LogP contribution in [0, 0.1) is 12.7 Å². The normalized spacial score (nSPS) is 10.2. The highest BCUT2D eigenvalue weighted by Crippen LogP contribution is 2.04. The minimum atomic E-state index is -0.316. The first-order valence-corrected chi connectivity index (χ1v) is 7.36. The van der Waals surface area contributed by atoms with Crippen LogP contribution in [0.1, 0.15) is 16.7 Å². The Labute approximate surface area is 134 Å². The molecular formula is C18H19FN2O2. The van der Waals surface area contributed by atoms with Crippen molar-refractivity contribution in [2.24, 2.45) is 0 Å². The molecule has 0 spiro atoms. The van der Waals surface area contributed by atoms with Crippen molar-refractivity contribution in [3.63, 3.8) is 0 Å². The number of hydrogen-bond donors (Lipinski definition) is 2. The summed E-state index contributed by atoms with van der Waals surface area (Å²) < 4.78 is 12.8. The van der Waals surface area contributed by atoms with Crippen molar-refractivity contribution in [1.29, 1.82) is 0 Å². The van der Waals surface area contributed by atoms with Crippen LogP contribution in [0.5, 0.6) is 0 Å². The number of benzene rings is 2. The van der Waals surface area contributed by atoms with Crippen LogP contribution in [0.25, 0.3) is 0 Å². The van der Waals surface area contributed by atoms with Crippen LogP contribution in [-0.2, 0) is 22.6 Å². The number of nitrogens with one attached hydrogen (secondary N) is 2. The molecule has 2 aromatic rings. The summed E-state index contributed by atoms with van der Waals surface area (Å²) in [6.45, 7) is 2.18. The molecule has 0 aliphatic heterocycles. The van der Waals surface area contributed by atoms with E-state index in [2.05, 4.69) is 10.6 Å². The number of amides is 2. The summed E-state index contributed by atoms with van der Waals surface area (Å²) in [6.07, 6.45) is 0.243. The van der Waals surface area contributed by atoms with Gasteiger partial charge in [0.25, 0.3) is 0 Å². The molecule has 0 heterocycles. The Morgan fingerprint density at radius 3 is 2.39 bits per heavy atom. The lowest BCUT2D eigenvalue weighted by molar-refractivity contribution is -0.125. The first kappa shape index (κ1) is 16.7. The molecule has 0 bridgehead atoms. The SMILES string of the molecule is Cc1cccc(CC(=O)NCC(=O)NCc2ccc(F)cc2)c1. The van der Waals surface area contributed by atoms with Crippen LogP contribution in [0.3, 0.4) is 0 Å². The smallest absolute Gasteiger partial charge is 0.239 e. The molecule has 2 amide bonds. The molecule has 0 saturated carbocycles. The van der Waals surface area contributed by atoms with E-state index in [-0.39, 0.29) is 30.6 Å². The molecule has 0 saturated heterocycles. The molecule has 0 aliphatic rings. The van der Waals surface area contributed by atoms with Gasteiger partial charge in [-0.1, -0.05) is 42.0 Å². The van der Waals surface area contributed by atoms with Gasteiger partial charge in [0.05, 0.1) is 13.0 Å². The predicted octanol–water partition coefficient (Wildman–Crippen LogP) is 2.11. The molecule has 5 heteroatoms. The molecule has 0 unspecified atom stereocenters. The van der Waals surface area contributed by atoms with Gasteiger partial charge in [0, 0.05) is 6.54 Å². The summed E-state index contributed by atoms with van der Waals surface area (Å²) >= 11 is 0. The summed E-state index contributed by atoms with van der Waals surface area (Å²) in [7, 11) is 0. The topological polar surface area (TPSA) is 58.2 Å². The van der Waals surface area contributed by atoms with E-state index < -0.39 is 0 Å². The molecule has 2 rings (SSSR count). The first-order chi connectivity index (χ1) is 11.0. The molecule has 120 valence electrons. The second kappa shape index (κ2) is 8.08. The highest BCUT2D eigenvalue weighted by atomic mass is 19.1. The summed E-state index contributed by atoms with van der Waals surface area (Å²) in [5, 5.41) is 5.26. The van der Waals surface area contributed by atoms with Crippen molar-refractivity contribution in [3.05, 3.63) is 71.0 Å². The second-order valence-corrected chi connectivity index (χ2v) is 5.35. The molecule has 4 nitrogen and oxygen atoms in total. The summed E-state index contributed by atoms with van der Waals surface area (Å²) in [5.74, 6) is -0.803. The van der Waals surface area contributed by atoms with E-state index >= 15 is 0 Å². The van der Waals surface area contributed by atoms with Gasteiger partial charge in [0.15, 0.2) is 0 Å². The highest BCUT2D eigenvalue weighted by Gasteiger charge is 2.06. The maximum absolute atomic E-state index is 12.8. The van der Waals surface area contributed by atoms with Crippen LogP contribution in [0.15, 0.2) is 48.5 Å². The number of rotatable bonds is 6. The van der Waals surface area contributed by atoms with Crippen molar-refractivity contribution in [1.82, 2.24) is 10.6 Å². The molecular weight excluding hydrogens is 295 g/mol. The summed E-state index contributed by atoms with van der Waals surface area (Å²) in [4.78, 5) is 23.5. The maximum Gasteiger partial charge on any atom is 0.239 e. The Morgan fingerprint density at radius 1 is 0.957 bits per heavy atom. The molecule has 23 heavy (non-hydrogen) atoms. The van der Waals surface area contributed by atoms with Gasteiger partial charge < -0.3 is 10.6 Å². The third kappa shape index (κ3) is 5.90. The Bertz CT molecular complexity index is 684. The third-order valence-electron chi connectivity index (χ3n) is 3.30. The van der Waals surface area contributed by atoms with E-state index in [0.29, 0.717) is 6.54 Å². The van der Waals surface area contributed by atoms with Crippen LogP contribution in [0.2, 0.25) is 0 Å². The predicted molar refractivity (Wildman–Crippen MR) is 86.1 cm³/mol. The van der Waals surface area contributed by atoms with Gasteiger partial charge >= 0.3 is 0 Å². The standard InChI is InChI=1S/C18H19FN2O2/c1-13-3-2-4-15(9-13)10-17(22)21-12-18(23)20-11-14-5-7-16(19)8-6-14/h2-9H,10-12H2,1H3,(H,20,23)(H,21,22). The fourth-order valence-corrected chi connectivity index (χ4v) is 2.11. The summed E-state index contributed by atoms with van der Waals surface area (Å²) in [5.41, 5.74) is 2.80. The van der Waals surface area contributed by atoms with Crippen molar-refractivity contribution < 1.29 is 14.0 Å². The zero-order chi connectivity index (χ0) is 16.7. The molecule has 2 aromatic carbocycles. The zero-order valence-electron chi connectivity index (χ0n) is 12.9. The Morgan fingerprint density at radius 2 is 1.70 bits per heavy atom. The second-order valence-electron chi connectivity index (χ2n) is 5.35. The number of aryl methyl sites for hydroxylation is 1. The Balaban J connectivity index is 1.71. The number of hydrogen-bond acceptors (Lipinski definition) is 2. The molecule has 0 aromatic heterocycles. The monoisotopic (exact) mass is 314 g/mol. The van der Waals surface area contributed by atoms with Gasteiger partial charge in [-0.3, -0.25) is 9.59 Å². The zero-order valence-corrected chi connectivity index (χ0v) is 12.9. The van der Waals surface area contributed by atoms with E-state index in [4.69, 9.17) is 0 Å². The Kier molecular flexibility index (Phi) is 5.86. The Hall–Kier alpha value is -2.69. The minimum Gasteiger partial charge on any atom is -0.350 e. The molecule has 0 fully saturated rings. The van der Waals surface area contributed by atoms with E-state index in [1.54, 1.807) is 12.1 Å². The summed E-state index contributed by atoms with van der Waals surface area (Å²) in [6, 6.07) is 13.6. The van der Waals surface area contributed by atoms with Crippen molar-refractivity contribution in [2.45, 2.75) is 19.9 Å². The van der Waals surface area contributed by atoms with E-state index in [9.17, 15) is 14.0 Å². The average molecular weight is 314 g/mol. The maximum atomic E-state index is 12.8. The molecule has 0 atom stereocenters. The van der Waals surface area contributed by atoms with E-state index in [0.717, 1.165) is 16.7 Å². The number of carbonyl (C=O) groups is 2. The van der Waals surface area contributed by atoms with Gasteiger partial charge in [-0.2, -0.15) is 0 Å². The average Bonchev–Trinajstić information content (AvgIpc) is 2.52. The minimum absolute atomic E-state index is 0.0775. The van der Waals surface area contributed by atoms with Crippen LogP contribution in [0.4, 0.5) is 4.39 Å². The lowest BCUT2D eigenvalue weighted by atomic mass is 10.1. The third-order valence-corrected chi connectivity index (χ3v) is 3.30. The highest BCUT2D eigenvalue weighted by molar-refractivity contribution is 5.85. The molecule has 0 aliphatic carbocycles. The quantitative estimate of drug-likeness (QED) is 0.858. The fraction of sp³-hybridized carbons (Fsp3) is 0.222.